The lowest BCUT2D eigenvalue weighted by atomic mass is 10.0. The van der Waals surface area contributed by atoms with Crippen molar-refractivity contribution in [2.24, 2.45) is 0 Å². The fourth-order valence-corrected chi connectivity index (χ4v) is 2.63. The van der Waals surface area contributed by atoms with Crippen LogP contribution in [-0.2, 0) is 0 Å². The minimum Gasteiger partial charge on any atom is -0.468 e. The maximum absolute atomic E-state index is 5.38. The van der Waals surface area contributed by atoms with Gasteiger partial charge < -0.3 is 9.73 Å². The first kappa shape index (κ1) is 12.7. The van der Waals surface area contributed by atoms with Crippen molar-refractivity contribution in [2.45, 2.75) is 45.2 Å². The highest BCUT2D eigenvalue weighted by atomic mass is 16.3. The first-order valence-corrected chi connectivity index (χ1v) is 6.61. The van der Waals surface area contributed by atoms with Crippen LogP contribution in [0.25, 0.3) is 0 Å². The smallest absolute Gasteiger partial charge is 0.120 e. The summed E-state index contributed by atoms with van der Waals surface area (Å²) < 4.78 is 5.38. The van der Waals surface area contributed by atoms with Crippen LogP contribution in [0.2, 0.25) is 0 Å². The second kappa shape index (κ2) is 5.23. The van der Waals surface area contributed by atoms with Gasteiger partial charge in [0.1, 0.15) is 5.76 Å². The molecule has 1 atom stereocenters. The molecule has 96 valence electrons. The fourth-order valence-electron chi connectivity index (χ4n) is 2.63. The van der Waals surface area contributed by atoms with Gasteiger partial charge in [-0.1, -0.05) is 0 Å². The van der Waals surface area contributed by atoms with Gasteiger partial charge in [-0.3, -0.25) is 4.90 Å². The number of rotatable bonds is 5. The number of furan rings is 1. The summed E-state index contributed by atoms with van der Waals surface area (Å²) in [6.45, 7) is 10.2. The van der Waals surface area contributed by atoms with Gasteiger partial charge in [-0.2, -0.15) is 0 Å². The van der Waals surface area contributed by atoms with Crippen LogP contribution < -0.4 is 5.32 Å². The van der Waals surface area contributed by atoms with Crippen molar-refractivity contribution < 1.29 is 4.42 Å². The second-order valence-electron chi connectivity index (χ2n) is 5.59. The molecule has 1 saturated heterocycles. The summed E-state index contributed by atoms with van der Waals surface area (Å²) in [5.74, 6) is 1.02. The average Bonchev–Trinajstić information content (AvgIpc) is 2.88. The molecule has 1 fully saturated rings. The number of hydrogen-bond acceptors (Lipinski definition) is 3. The summed E-state index contributed by atoms with van der Waals surface area (Å²) >= 11 is 0. The Balaban J connectivity index is 1.73. The number of nitrogens with zero attached hydrogens (tertiary/aromatic N) is 1. The standard InChI is InChI=1S/C14H24N2O/c1-12(13-6-4-11-17-13)15-8-10-16-9-5-7-14(16,2)3/h4,6,11-12,15H,5,7-10H2,1-3H3. The quantitative estimate of drug-likeness (QED) is 0.852. The zero-order chi connectivity index (χ0) is 12.3. The molecular weight excluding hydrogens is 212 g/mol. The molecule has 1 aliphatic heterocycles. The fraction of sp³-hybridized carbons (Fsp3) is 0.714. The number of likely N-dealkylation sites (tertiary alicyclic amines) is 1. The van der Waals surface area contributed by atoms with E-state index >= 15 is 0 Å². The molecule has 0 aromatic carbocycles. The van der Waals surface area contributed by atoms with E-state index in [2.05, 4.69) is 31.0 Å². The van der Waals surface area contributed by atoms with Crippen molar-refractivity contribution in [1.82, 2.24) is 10.2 Å². The van der Waals surface area contributed by atoms with Crippen molar-refractivity contribution >= 4 is 0 Å². The van der Waals surface area contributed by atoms with Gasteiger partial charge in [-0.05, 0) is 52.3 Å². The summed E-state index contributed by atoms with van der Waals surface area (Å²) in [6, 6.07) is 4.27. The Kier molecular flexibility index (Phi) is 3.89. The van der Waals surface area contributed by atoms with E-state index in [-0.39, 0.29) is 0 Å². The molecule has 0 bridgehead atoms. The monoisotopic (exact) mass is 236 g/mol. The Labute approximate surface area is 104 Å². The van der Waals surface area contributed by atoms with E-state index < -0.39 is 0 Å². The highest BCUT2D eigenvalue weighted by molar-refractivity contribution is 5.02. The molecule has 1 N–H and O–H groups in total. The van der Waals surface area contributed by atoms with Crippen LogP contribution in [0.15, 0.2) is 22.8 Å². The van der Waals surface area contributed by atoms with Crippen LogP contribution in [0.4, 0.5) is 0 Å². The van der Waals surface area contributed by atoms with Crippen molar-refractivity contribution in [3.63, 3.8) is 0 Å². The van der Waals surface area contributed by atoms with Gasteiger partial charge in [0.15, 0.2) is 0 Å². The largest absolute Gasteiger partial charge is 0.468 e. The molecule has 2 rings (SSSR count). The van der Waals surface area contributed by atoms with Crippen LogP contribution >= 0.6 is 0 Å². The molecule has 0 spiro atoms. The lowest BCUT2D eigenvalue weighted by Crippen LogP contribution is -2.42. The minimum atomic E-state index is 0.302. The van der Waals surface area contributed by atoms with Gasteiger partial charge in [0.25, 0.3) is 0 Å². The Morgan fingerprint density at radius 3 is 2.94 bits per heavy atom. The van der Waals surface area contributed by atoms with E-state index in [9.17, 15) is 0 Å². The number of nitrogens with one attached hydrogen (secondary N) is 1. The predicted octanol–water partition coefficient (Wildman–Crippen LogP) is 2.80. The van der Waals surface area contributed by atoms with E-state index in [4.69, 9.17) is 4.42 Å². The Morgan fingerprint density at radius 1 is 1.53 bits per heavy atom. The lowest BCUT2D eigenvalue weighted by molar-refractivity contribution is 0.173. The Bertz CT molecular complexity index is 332. The van der Waals surface area contributed by atoms with Gasteiger partial charge in [0, 0.05) is 18.6 Å². The highest BCUT2D eigenvalue weighted by Gasteiger charge is 2.31. The molecule has 1 aromatic rings. The third kappa shape index (κ3) is 3.11. The van der Waals surface area contributed by atoms with Gasteiger partial charge in [-0.25, -0.2) is 0 Å². The minimum absolute atomic E-state index is 0.302. The van der Waals surface area contributed by atoms with Crippen LogP contribution in [0.5, 0.6) is 0 Å². The van der Waals surface area contributed by atoms with Crippen molar-refractivity contribution in [3.8, 4) is 0 Å². The maximum atomic E-state index is 5.38. The predicted molar refractivity (Wildman–Crippen MR) is 70.0 cm³/mol. The third-order valence-corrected chi connectivity index (χ3v) is 3.87. The highest BCUT2D eigenvalue weighted by Crippen LogP contribution is 2.27. The summed E-state index contributed by atoms with van der Waals surface area (Å²) in [5.41, 5.74) is 0.385. The molecule has 0 amide bonds. The van der Waals surface area contributed by atoms with Crippen molar-refractivity contribution in [1.29, 1.82) is 0 Å². The number of hydrogen-bond donors (Lipinski definition) is 1. The van der Waals surface area contributed by atoms with Crippen LogP contribution in [0, 0.1) is 0 Å². The van der Waals surface area contributed by atoms with E-state index in [0.717, 1.165) is 18.8 Å². The normalized spacial score (nSPS) is 21.8. The van der Waals surface area contributed by atoms with Crippen LogP contribution in [0.1, 0.15) is 45.4 Å². The topological polar surface area (TPSA) is 28.4 Å². The molecular formula is C14H24N2O. The van der Waals surface area contributed by atoms with Crippen molar-refractivity contribution in [3.05, 3.63) is 24.2 Å². The van der Waals surface area contributed by atoms with E-state index in [0.29, 0.717) is 11.6 Å². The molecule has 17 heavy (non-hydrogen) atoms. The van der Waals surface area contributed by atoms with Crippen molar-refractivity contribution in [2.75, 3.05) is 19.6 Å². The molecule has 3 nitrogen and oxygen atoms in total. The zero-order valence-corrected chi connectivity index (χ0v) is 11.2. The lowest BCUT2D eigenvalue weighted by Gasteiger charge is -2.31. The first-order valence-electron chi connectivity index (χ1n) is 6.61. The van der Waals surface area contributed by atoms with E-state index in [1.165, 1.54) is 19.4 Å². The molecule has 3 heteroatoms. The van der Waals surface area contributed by atoms with Gasteiger partial charge in [-0.15, -0.1) is 0 Å². The molecule has 0 aliphatic carbocycles. The van der Waals surface area contributed by atoms with Gasteiger partial charge in [0.05, 0.1) is 12.3 Å². The van der Waals surface area contributed by atoms with Gasteiger partial charge >= 0.3 is 0 Å². The van der Waals surface area contributed by atoms with Crippen LogP contribution in [-0.4, -0.2) is 30.1 Å². The first-order chi connectivity index (χ1) is 8.09. The second-order valence-corrected chi connectivity index (χ2v) is 5.59. The SMILES string of the molecule is CC(NCCN1CCCC1(C)C)c1ccco1. The molecule has 0 radical (unpaired) electrons. The van der Waals surface area contributed by atoms with E-state index in [1.54, 1.807) is 6.26 Å². The maximum Gasteiger partial charge on any atom is 0.120 e. The molecule has 1 aromatic heterocycles. The Morgan fingerprint density at radius 2 is 2.35 bits per heavy atom. The molecule has 2 heterocycles. The zero-order valence-electron chi connectivity index (χ0n) is 11.2. The summed E-state index contributed by atoms with van der Waals surface area (Å²) in [6.07, 6.45) is 4.39. The van der Waals surface area contributed by atoms with Crippen LogP contribution in [0.3, 0.4) is 0 Å². The summed E-state index contributed by atoms with van der Waals surface area (Å²) in [7, 11) is 0. The molecule has 1 unspecified atom stereocenters. The van der Waals surface area contributed by atoms with E-state index in [1.807, 2.05) is 12.1 Å². The summed E-state index contributed by atoms with van der Waals surface area (Å²) in [4.78, 5) is 2.58. The molecule has 0 saturated carbocycles. The Hall–Kier alpha value is -0.800. The summed E-state index contributed by atoms with van der Waals surface area (Å²) in [5, 5.41) is 3.51. The average molecular weight is 236 g/mol. The third-order valence-electron chi connectivity index (χ3n) is 3.87. The molecule has 1 aliphatic rings. The van der Waals surface area contributed by atoms with Gasteiger partial charge in [0.2, 0.25) is 0 Å².